The molecule has 1 aliphatic carbocycles. The molecule has 1 aromatic carbocycles. The average Bonchev–Trinajstić information content (AvgIpc) is 2.78. The van der Waals surface area contributed by atoms with Gasteiger partial charge in [-0.25, -0.2) is 9.87 Å². The zero-order valence-corrected chi connectivity index (χ0v) is 11.4. The molecule has 1 aromatic rings. The smallest absolute Gasteiger partial charge is 0.270 e. The number of benzene rings is 1. The van der Waals surface area contributed by atoms with Gasteiger partial charge in [-0.15, -0.1) is 0 Å². The van der Waals surface area contributed by atoms with Gasteiger partial charge in [-0.2, -0.15) is 0 Å². The van der Waals surface area contributed by atoms with Crippen molar-refractivity contribution in [2.45, 2.75) is 31.8 Å². The predicted octanol–water partition coefficient (Wildman–Crippen LogP) is 3.03. The highest BCUT2D eigenvalue weighted by molar-refractivity contribution is 14.1. The van der Waals surface area contributed by atoms with E-state index in [0.717, 1.165) is 25.7 Å². The second kappa shape index (κ2) is 5.77. The van der Waals surface area contributed by atoms with Crippen LogP contribution in [-0.4, -0.2) is 12.0 Å². The minimum Gasteiger partial charge on any atom is -0.270 e. The number of amides is 1. The minimum atomic E-state index is -0.345. The Morgan fingerprint density at radius 1 is 1.41 bits per heavy atom. The van der Waals surface area contributed by atoms with Crippen molar-refractivity contribution >= 4 is 28.5 Å². The van der Waals surface area contributed by atoms with Crippen LogP contribution in [-0.2, 0) is 4.84 Å². The van der Waals surface area contributed by atoms with Crippen molar-refractivity contribution in [2.24, 2.45) is 0 Å². The van der Waals surface area contributed by atoms with Crippen LogP contribution in [0.25, 0.3) is 0 Å². The summed E-state index contributed by atoms with van der Waals surface area (Å²) in [4.78, 5) is 17.1. The summed E-state index contributed by atoms with van der Waals surface area (Å²) in [5.41, 5.74) is 2.87. The molecule has 92 valence electrons. The van der Waals surface area contributed by atoms with Crippen LogP contribution in [0.2, 0.25) is 0 Å². The molecule has 0 aromatic heterocycles. The molecule has 1 fully saturated rings. The molecule has 2 rings (SSSR count). The fraction of sp³-hybridized carbons (Fsp3) is 0.417. The first-order chi connectivity index (χ1) is 8.16. The van der Waals surface area contributed by atoms with Gasteiger partial charge in [0.05, 0.1) is 11.7 Å². The van der Waals surface area contributed by atoms with Gasteiger partial charge in [-0.1, -0.05) is 12.8 Å². The SMILES string of the molecule is O=C(NOC1CCCC1)c1ccc(F)cc1I. The maximum atomic E-state index is 12.9. The molecule has 0 unspecified atom stereocenters. The highest BCUT2D eigenvalue weighted by atomic mass is 127. The van der Waals surface area contributed by atoms with Crippen LogP contribution in [0.15, 0.2) is 18.2 Å². The average molecular weight is 349 g/mol. The molecular formula is C12H13FINO2. The normalized spacial score (nSPS) is 16.1. The zero-order valence-electron chi connectivity index (χ0n) is 9.21. The number of hydroxylamine groups is 1. The van der Waals surface area contributed by atoms with E-state index in [4.69, 9.17) is 4.84 Å². The van der Waals surface area contributed by atoms with E-state index in [1.165, 1.54) is 18.2 Å². The summed E-state index contributed by atoms with van der Waals surface area (Å²) in [5.74, 6) is -0.663. The monoisotopic (exact) mass is 349 g/mol. The van der Waals surface area contributed by atoms with E-state index in [1.54, 1.807) is 0 Å². The van der Waals surface area contributed by atoms with E-state index < -0.39 is 0 Å². The van der Waals surface area contributed by atoms with E-state index >= 15 is 0 Å². The van der Waals surface area contributed by atoms with Crippen LogP contribution >= 0.6 is 22.6 Å². The molecule has 3 nitrogen and oxygen atoms in total. The molecule has 0 radical (unpaired) electrons. The van der Waals surface area contributed by atoms with E-state index in [9.17, 15) is 9.18 Å². The third-order valence-corrected chi connectivity index (χ3v) is 3.69. The van der Waals surface area contributed by atoms with Crippen LogP contribution in [0.5, 0.6) is 0 Å². The van der Waals surface area contributed by atoms with E-state index in [-0.39, 0.29) is 17.8 Å². The summed E-state index contributed by atoms with van der Waals surface area (Å²) in [7, 11) is 0. The molecule has 0 atom stereocenters. The van der Waals surface area contributed by atoms with Crippen molar-refractivity contribution in [3.63, 3.8) is 0 Å². The second-order valence-corrected chi connectivity index (χ2v) is 5.24. The van der Waals surface area contributed by atoms with Gasteiger partial charge in [-0.05, 0) is 53.6 Å². The van der Waals surface area contributed by atoms with Crippen LogP contribution in [0.4, 0.5) is 4.39 Å². The number of nitrogens with one attached hydrogen (secondary N) is 1. The summed E-state index contributed by atoms with van der Waals surface area (Å²) in [6, 6.07) is 4.06. The number of hydrogen-bond acceptors (Lipinski definition) is 2. The summed E-state index contributed by atoms with van der Waals surface area (Å²) < 4.78 is 13.5. The zero-order chi connectivity index (χ0) is 12.3. The molecule has 17 heavy (non-hydrogen) atoms. The molecule has 0 aliphatic heterocycles. The van der Waals surface area contributed by atoms with Crippen LogP contribution in [0, 0.1) is 9.39 Å². The van der Waals surface area contributed by atoms with Crippen LogP contribution in [0.3, 0.4) is 0 Å². The van der Waals surface area contributed by atoms with Gasteiger partial charge in [0.2, 0.25) is 0 Å². The largest absolute Gasteiger partial charge is 0.275 e. The number of hydrogen-bond donors (Lipinski definition) is 1. The molecule has 1 aliphatic rings. The van der Waals surface area contributed by atoms with Crippen molar-refractivity contribution in [3.05, 3.63) is 33.1 Å². The van der Waals surface area contributed by atoms with Crippen molar-refractivity contribution in [2.75, 3.05) is 0 Å². The molecule has 0 bridgehead atoms. The van der Waals surface area contributed by atoms with Crippen LogP contribution < -0.4 is 5.48 Å². The first kappa shape index (κ1) is 12.8. The number of halogens is 2. The number of carbonyl (C=O) groups excluding carboxylic acids is 1. The van der Waals surface area contributed by atoms with E-state index in [2.05, 4.69) is 5.48 Å². The predicted molar refractivity (Wildman–Crippen MR) is 69.9 cm³/mol. The lowest BCUT2D eigenvalue weighted by molar-refractivity contribution is -0.0125. The Morgan fingerprint density at radius 3 is 2.76 bits per heavy atom. The van der Waals surface area contributed by atoms with Gasteiger partial charge in [0.15, 0.2) is 0 Å². The van der Waals surface area contributed by atoms with Gasteiger partial charge >= 0.3 is 0 Å². The summed E-state index contributed by atoms with van der Waals surface area (Å²) in [6.45, 7) is 0. The summed E-state index contributed by atoms with van der Waals surface area (Å²) in [6.07, 6.45) is 4.39. The van der Waals surface area contributed by atoms with Crippen LogP contribution in [0.1, 0.15) is 36.0 Å². The Morgan fingerprint density at radius 2 is 2.12 bits per heavy atom. The summed E-state index contributed by atoms with van der Waals surface area (Å²) in [5, 5.41) is 0. The molecule has 1 N–H and O–H groups in total. The standard InChI is InChI=1S/C12H13FINO2/c13-8-5-6-10(11(14)7-8)12(16)15-17-9-3-1-2-4-9/h5-7,9H,1-4H2,(H,15,16). The Kier molecular flexibility index (Phi) is 4.33. The maximum Gasteiger partial charge on any atom is 0.275 e. The highest BCUT2D eigenvalue weighted by Crippen LogP contribution is 2.20. The second-order valence-electron chi connectivity index (χ2n) is 4.08. The lowest BCUT2D eigenvalue weighted by Crippen LogP contribution is -2.28. The summed E-state index contributed by atoms with van der Waals surface area (Å²) >= 11 is 1.93. The Hall–Kier alpha value is -0.690. The number of rotatable bonds is 3. The van der Waals surface area contributed by atoms with Gasteiger partial charge < -0.3 is 0 Å². The third-order valence-electron chi connectivity index (χ3n) is 2.80. The fourth-order valence-corrected chi connectivity index (χ4v) is 2.59. The molecular weight excluding hydrogens is 336 g/mol. The van der Waals surface area contributed by atoms with Gasteiger partial charge in [0, 0.05) is 3.57 Å². The van der Waals surface area contributed by atoms with Crippen molar-refractivity contribution in [1.29, 1.82) is 0 Å². The molecule has 0 heterocycles. The minimum absolute atomic E-state index is 0.122. The Balaban J connectivity index is 1.94. The molecule has 5 heteroatoms. The van der Waals surface area contributed by atoms with E-state index in [0.29, 0.717) is 9.13 Å². The molecule has 1 saturated carbocycles. The third kappa shape index (κ3) is 3.38. The fourth-order valence-electron chi connectivity index (χ4n) is 1.87. The lowest BCUT2D eigenvalue weighted by atomic mass is 10.2. The number of carbonyl (C=O) groups is 1. The molecule has 0 saturated heterocycles. The topological polar surface area (TPSA) is 38.3 Å². The van der Waals surface area contributed by atoms with Gasteiger partial charge in [0.1, 0.15) is 5.82 Å². The molecule has 0 spiro atoms. The van der Waals surface area contributed by atoms with Gasteiger partial charge in [-0.3, -0.25) is 9.63 Å². The first-order valence-electron chi connectivity index (χ1n) is 5.58. The first-order valence-corrected chi connectivity index (χ1v) is 6.66. The van der Waals surface area contributed by atoms with Gasteiger partial charge in [0.25, 0.3) is 5.91 Å². The van der Waals surface area contributed by atoms with Crippen molar-refractivity contribution < 1.29 is 14.0 Å². The van der Waals surface area contributed by atoms with Crippen molar-refractivity contribution in [1.82, 2.24) is 5.48 Å². The van der Waals surface area contributed by atoms with Crippen molar-refractivity contribution in [3.8, 4) is 0 Å². The quantitative estimate of drug-likeness (QED) is 0.673. The van der Waals surface area contributed by atoms with E-state index in [1.807, 2.05) is 22.6 Å². The lowest BCUT2D eigenvalue weighted by Gasteiger charge is -2.12. The highest BCUT2D eigenvalue weighted by Gasteiger charge is 2.18. The Bertz CT molecular complexity index is 419. The Labute approximate surface area is 113 Å². The molecule has 1 amide bonds. The maximum absolute atomic E-state index is 12.9.